The number of rotatable bonds is 8. The molecule has 108 valence electrons. The lowest BCUT2D eigenvalue weighted by atomic mass is 9.90. The van der Waals surface area contributed by atoms with Crippen LogP contribution >= 0.6 is 15.9 Å². The van der Waals surface area contributed by atoms with Crippen molar-refractivity contribution in [3.05, 3.63) is 0 Å². The van der Waals surface area contributed by atoms with E-state index in [0.717, 1.165) is 6.42 Å². The van der Waals surface area contributed by atoms with Gasteiger partial charge in [-0.2, -0.15) is 0 Å². The largest absolute Gasteiger partial charge is 0.375 e. The van der Waals surface area contributed by atoms with E-state index in [1.807, 2.05) is 0 Å². The summed E-state index contributed by atoms with van der Waals surface area (Å²) in [6, 6.07) is 0. The number of carbonyl (C=O) groups excluding carboxylic acids is 1. The first-order valence-electron chi connectivity index (χ1n) is 5.97. The van der Waals surface area contributed by atoms with E-state index in [0.29, 0.717) is 6.54 Å². The van der Waals surface area contributed by atoms with E-state index in [1.165, 1.54) is 0 Å². The zero-order valence-electron chi connectivity index (χ0n) is 11.1. The first-order chi connectivity index (χ1) is 8.20. The standard InChI is InChI=1S/C12H22BrF2NO2/c1-12(2,3)6-9(13)7-16-11(17)4-5-18-8-10(14)15/h9-10H,4-8H2,1-3H3,(H,16,17). The van der Waals surface area contributed by atoms with Crippen molar-refractivity contribution < 1.29 is 18.3 Å². The fourth-order valence-corrected chi connectivity index (χ4v) is 2.52. The van der Waals surface area contributed by atoms with Crippen LogP contribution in [0.5, 0.6) is 0 Å². The van der Waals surface area contributed by atoms with Crippen LogP contribution in [0, 0.1) is 5.41 Å². The number of nitrogens with one attached hydrogen (secondary N) is 1. The zero-order valence-corrected chi connectivity index (χ0v) is 12.7. The van der Waals surface area contributed by atoms with Gasteiger partial charge in [0.2, 0.25) is 5.91 Å². The van der Waals surface area contributed by atoms with Crippen LogP contribution in [0.4, 0.5) is 8.78 Å². The highest BCUT2D eigenvalue weighted by molar-refractivity contribution is 9.09. The topological polar surface area (TPSA) is 38.3 Å². The molecule has 1 unspecified atom stereocenters. The Morgan fingerprint density at radius 3 is 2.50 bits per heavy atom. The molecule has 0 aromatic carbocycles. The third-order valence-corrected chi connectivity index (χ3v) is 2.72. The summed E-state index contributed by atoms with van der Waals surface area (Å²) in [5, 5.41) is 2.74. The van der Waals surface area contributed by atoms with E-state index in [2.05, 4.69) is 46.8 Å². The van der Waals surface area contributed by atoms with Crippen molar-refractivity contribution in [2.75, 3.05) is 19.8 Å². The van der Waals surface area contributed by atoms with E-state index in [1.54, 1.807) is 0 Å². The summed E-state index contributed by atoms with van der Waals surface area (Å²) < 4.78 is 28.1. The van der Waals surface area contributed by atoms with E-state index in [4.69, 9.17) is 0 Å². The van der Waals surface area contributed by atoms with Gasteiger partial charge in [0.05, 0.1) is 6.61 Å². The third-order valence-electron chi connectivity index (χ3n) is 2.07. The smallest absolute Gasteiger partial charge is 0.261 e. The van der Waals surface area contributed by atoms with E-state index >= 15 is 0 Å². The summed E-state index contributed by atoms with van der Waals surface area (Å²) in [4.78, 5) is 11.6. The normalized spacial score (nSPS) is 13.7. The molecule has 0 heterocycles. The van der Waals surface area contributed by atoms with Crippen molar-refractivity contribution in [1.82, 2.24) is 5.32 Å². The van der Waals surface area contributed by atoms with E-state index < -0.39 is 13.0 Å². The van der Waals surface area contributed by atoms with Gasteiger partial charge in [0.25, 0.3) is 6.43 Å². The minimum atomic E-state index is -2.48. The summed E-state index contributed by atoms with van der Waals surface area (Å²) in [5.41, 5.74) is 0.194. The molecule has 0 rings (SSSR count). The Balaban J connectivity index is 3.58. The predicted molar refractivity (Wildman–Crippen MR) is 71.2 cm³/mol. The molecule has 0 aliphatic heterocycles. The van der Waals surface area contributed by atoms with E-state index in [-0.39, 0.29) is 29.2 Å². The molecule has 0 aliphatic rings. The number of alkyl halides is 3. The monoisotopic (exact) mass is 329 g/mol. The number of hydrogen-bond donors (Lipinski definition) is 1. The van der Waals surface area contributed by atoms with Crippen LogP contribution in [0.2, 0.25) is 0 Å². The molecule has 18 heavy (non-hydrogen) atoms. The first-order valence-corrected chi connectivity index (χ1v) is 6.89. The molecule has 1 N–H and O–H groups in total. The van der Waals surface area contributed by atoms with Crippen LogP contribution in [0.3, 0.4) is 0 Å². The third kappa shape index (κ3) is 12.2. The number of carbonyl (C=O) groups is 1. The number of halogens is 3. The van der Waals surface area contributed by atoms with Gasteiger partial charge in [0.1, 0.15) is 6.61 Å². The van der Waals surface area contributed by atoms with Crippen molar-refractivity contribution in [3.63, 3.8) is 0 Å². The quantitative estimate of drug-likeness (QED) is 0.549. The average molecular weight is 330 g/mol. The Kier molecular flexibility index (Phi) is 8.69. The van der Waals surface area contributed by atoms with Crippen LogP contribution in [0.1, 0.15) is 33.6 Å². The highest BCUT2D eigenvalue weighted by Gasteiger charge is 2.16. The average Bonchev–Trinajstić information content (AvgIpc) is 2.19. The maximum atomic E-state index is 11.7. The van der Waals surface area contributed by atoms with Crippen molar-refractivity contribution >= 4 is 21.8 Å². The van der Waals surface area contributed by atoms with Gasteiger partial charge in [-0.05, 0) is 11.8 Å². The van der Waals surface area contributed by atoms with Gasteiger partial charge in [-0.25, -0.2) is 8.78 Å². The molecular formula is C12H22BrF2NO2. The molecular weight excluding hydrogens is 308 g/mol. The maximum Gasteiger partial charge on any atom is 0.261 e. The minimum absolute atomic E-state index is 0.0302. The molecule has 0 aromatic rings. The lowest BCUT2D eigenvalue weighted by Crippen LogP contribution is -2.32. The number of amides is 1. The van der Waals surface area contributed by atoms with E-state index in [9.17, 15) is 13.6 Å². The second-order valence-electron chi connectivity index (χ2n) is 5.38. The molecule has 0 fully saturated rings. The maximum absolute atomic E-state index is 11.7. The highest BCUT2D eigenvalue weighted by atomic mass is 79.9. The molecule has 6 heteroatoms. The van der Waals surface area contributed by atoms with Gasteiger partial charge in [0, 0.05) is 17.8 Å². The van der Waals surface area contributed by atoms with Crippen LogP contribution in [0.15, 0.2) is 0 Å². The Bertz CT molecular complexity index is 245. The van der Waals surface area contributed by atoms with Crippen molar-refractivity contribution in [3.8, 4) is 0 Å². The Hall–Kier alpha value is -0.230. The first kappa shape index (κ1) is 17.8. The van der Waals surface area contributed by atoms with Gasteiger partial charge in [-0.15, -0.1) is 0 Å². The van der Waals surface area contributed by atoms with Gasteiger partial charge >= 0.3 is 0 Å². The second kappa shape index (κ2) is 8.80. The minimum Gasteiger partial charge on any atom is -0.375 e. The molecule has 3 nitrogen and oxygen atoms in total. The molecule has 1 amide bonds. The lowest BCUT2D eigenvalue weighted by molar-refractivity contribution is -0.122. The zero-order chi connectivity index (χ0) is 14.2. The SMILES string of the molecule is CC(C)(C)CC(Br)CNC(=O)CCOCC(F)F. The Morgan fingerprint density at radius 2 is 2.00 bits per heavy atom. The van der Waals surface area contributed by atoms with Crippen LogP contribution in [-0.4, -0.2) is 36.9 Å². The van der Waals surface area contributed by atoms with Gasteiger partial charge < -0.3 is 10.1 Å². The lowest BCUT2D eigenvalue weighted by Gasteiger charge is -2.22. The summed E-state index contributed by atoms with van der Waals surface area (Å²) >= 11 is 3.50. The molecule has 0 radical (unpaired) electrons. The molecule has 0 bridgehead atoms. The van der Waals surface area contributed by atoms with Crippen molar-refractivity contribution in [1.29, 1.82) is 0 Å². The Labute approximate surface area is 116 Å². The molecule has 0 aromatic heterocycles. The summed E-state index contributed by atoms with van der Waals surface area (Å²) in [7, 11) is 0. The second-order valence-corrected chi connectivity index (χ2v) is 6.68. The number of hydrogen-bond acceptors (Lipinski definition) is 2. The number of ether oxygens (including phenoxy) is 1. The van der Waals surface area contributed by atoms with Crippen LogP contribution in [0.25, 0.3) is 0 Å². The summed E-state index contributed by atoms with van der Waals surface area (Å²) in [5.74, 6) is -0.178. The molecule has 0 saturated carbocycles. The highest BCUT2D eigenvalue weighted by Crippen LogP contribution is 2.24. The molecule has 0 saturated heterocycles. The van der Waals surface area contributed by atoms with Crippen molar-refractivity contribution in [2.24, 2.45) is 5.41 Å². The van der Waals surface area contributed by atoms with Gasteiger partial charge in [-0.1, -0.05) is 36.7 Å². The van der Waals surface area contributed by atoms with Gasteiger partial charge in [-0.3, -0.25) is 4.79 Å². The fraction of sp³-hybridized carbons (Fsp3) is 0.917. The van der Waals surface area contributed by atoms with Crippen molar-refractivity contribution in [2.45, 2.75) is 44.9 Å². The summed E-state index contributed by atoms with van der Waals surface area (Å²) in [6.07, 6.45) is -1.43. The molecule has 0 spiro atoms. The summed E-state index contributed by atoms with van der Waals surface area (Å²) in [6.45, 7) is 6.33. The van der Waals surface area contributed by atoms with Gasteiger partial charge in [0.15, 0.2) is 0 Å². The molecule has 1 atom stereocenters. The van der Waals surface area contributed by atoms with Crippen LogP contribution < -0.4 is 5.32 Å². The fourth-order valence-electron chi connectivity index (χ4n) is 1.39. The molecule has 0 aliphatic carbocycles. The predicted octanol–water partition coefficient (Wildman–Crippen LogP) is 2.97. The van der Waals surface area contributed by atoms with Crippen LogP contribution in [-0.2, 0) is 9.53 Å². The Morgan fingerprint density at radius 1 is 1.39 bits per heavy atom.